The number of hydrogen-bond acceptors (Lipinski definition) is 2. The highest BCUT2D eigenvalue weighted by molar-refractivity contribution is 6.31. The highest BCUT2D eigenvalue weighted by Crippen LogP contribution is 2.24. The Balaban J connectivity index is 2.20. The number of fused-ring (bicyclic) bond motifs is 1. The predicted molar refractivity (Wildman–Crippen MR) is 76.5 cm³/mol. The highest BCUT2D eigenvalue weighted by Gasteiger charge is 2.19. The van der Waals surface area contributed by atoms with Crippen LogP contribution in [0.25, 0.3) is 10.8 Å². The van der Waals surface area contributed by atoms with E-state index in [0.717, 1.165) is 17.5 Å². The SMILES string of the molecule is O=C(c1cc(F)c(Cl)cc1F)c1cncc2ccccc12. The first-order valence-corrected chi connectivity index (χ1v) is 6.47. The van der Waals surface area contributed by atoms with Gasteiger partial charge in [0.15, 0.2) is 5.78 Å². The summed E-state index contributed by atoms with van der Waals surface area (Å²) >= 11 is 5.49. The molecule has 2 nitrogen and oxygen atoms in total. The molecule has 0 spiro atoms. The average molecular weight is 304 g/mol. The number of aromatic nitrogens is 1. The van der Waals surface area contributed by atoms with E-state index in [4.69, 9.17) is 11.6 Å². The molecule has 21 heavy (non-hydrogen) atoms. The fourth-order valence-electron chi connectivity index (χ4n) is 2.14. The summed E-state index contributed by atoms with van der Waals surface area (Å²) in [5.41, 5.74) is -0.149. The molecule has 5 heteroatoms. The summed E-state index contributed by atoms with van der Waals surface area (Å²) in [4.78, 5) is 16.4. The first kappa shape index (κ1) is 13.6. The van der Waals surface area contributed by atoms with Crippen LogP contribution in [0.15, 0.2) is 48.8 Å². The normalized spacial score (nSPS) is 10.8. The Morgan fingerprint density at radius 3 is 2.57 bits per heavy atom. The zero-order valence-electron chi connectivity index (χ0n) is 10.6. The Labute approximate surface area is 124 Å². The van der Waals surface area contributed by atoms with Gasteiger partial charge in [0.1, 0.15) is 11.6 Å². The Hall–Kier alpha value is -2.33. The molecule has 104 valence electrons. The van der Waals surface area contributed by atoms with Crippen molar-refractivity contribution in [2.24, 2.45) is 0 Å². The third-order valence-electron chi connectivity index (χ3n) is 3.17. The van der Waals surface area contributed by atoms with Gasteiger partial charge in [-0.2, -0.15) is 0 Å². The number of benzene rings is 2. The van der Waals surface area contributed by atoms with Crippen molar-refractivity contribution in [2.75, 3.05) is 0 Å². The van der Waals surface area contributed by atoms with Crippen molar-refractivity contribution in [3.05, 3.63) is 76.6 Å². The zero-order chi connectivity index (χ0) is 15.0. The summed E-state index contributed by atoms with van der Waals surface area (Å²) in [5, 5.41) is 1.02. The third kappa shape index (κ3) is 2.38. The lowest BCUT2D eigenvalue weighted by Crippen LogP contribution is -2.06. The van der Waals surface area contributed by atoms with Gasteiger partial charge in [-0.3, -0.25) is 9.78 Å². The molecule has 0 atom stereocenters. The molecule has 1 aromatic heterocycles. The molecule has 3 rings (SSSR count). The largest absolute Gasteiger partial charge is 0.288 e. The molecule has 0 fully saturated rings. The first-order valence-electron chi connectivity index (χ1n) is 6.10. The molecule has 0 aliphatic carbocycles. The molecule has 0 aliphatic rings. The van der Waals surface area contributed by atoms with Crippen molar-refractivity contribution in [2.45, 2.75) is 0 Å². The standard InChI is InChI=1S/C16H8ClF2NO/c17-13-6-14(18)11(5-15(13)19)16(21)12-8-20-7-9-3-1-2-4-10(9)12/h1-8H. The summed E-state index contributed by atoms with van der Waals surface area (Å²) in [6.07, 6.45) is 2.95. The lowest BCUT2D eigenvalue weighted by atomic mass is 9.99. The molecule has 0 aliphatic heterocycles. The van der Waals surface area contributed by atoms with Gasteiger partial charge in [0.2, 0.25) is 0 Å². The minimum absolute atomic E-state index is 0.216. The third-order valence-corrected chi connectivity index (χ3v) is 3.46. The summed E-state index contributed by atoms with van der Waals surface area (Å²) in [6.45, 7) is 0. The van der Waals surface area contributed by atoms with E-state index in [1.165, 1.54) is 6.20 Å². The van der Waals surface area contributed by atoms with Crippen LogP contribution < -0.4 is 0 Å². The molecule has 0 bridgehead atoms. The Morgan fingerprint density at radius 1 is 1.00 bits per heavy atom. The average Bonchev–Trinajstić information content (AvgIpc) is 2.49. The molecule has 0 radical (unpaired) electrons. The molecular formula is C16H8ClF2NO. The van der Waals surface area contributed by atoms with Crippen LogP contribution in [-0.4, -0.2) is 10.8 Å². The van der Waals surface area contributed by atoms with Gasteiger partial charge in [-0.1, -0.05) is 35.9 Å². The molecule has 0 saturated carbocycles. The number of carbonyl (C=O) groups excluding carboxylic acids is 1. The molecule has 0 amide bonds. The summed E-state index contributed by atoms with van der Waals surface area (Å²) in [6, 6.07) is 8.69. The molecule has 2 aromatic carbocycles. The van der Waals surface area contributed by atoms with Crippen LogP contribution in [0, 0.1) is 11.6 Å². The maximum absolute atomic E-state index is 13.9. The Bertz CT molecular complexity index is 859. The molecule has 0 saturated heterocycles. The van der Waals surface area contributed by atoms with Gasteiger partial charge in [0, 0.05) is 23.3 Å². The highest BCUT2D eigenvalue weighted by atomic mass is 35.5. The minimum Gasteiger partial charge on any atom is -0.288 e. The van der Waals surface area contributed by atoms with E-state index in [-0.39, 0.29) is 16.1 Å². The second kappa shape index (κ2) is 5.22. The van der Waals surface area contributed by atoms with E-state index in [2.05, 4.69) is 4.98 Å². The summed E-state index contributed by atoms with van der Waals surface area (Å²) < 4.78 is 27.4. The number of nitrogens with zero attached hydrogens (tertiary/aromatic N) is 1. The van der Waals surface area contributed by atoms with Gasteiger partial charge in [-0.15, -0.1) is 0 Å². The van der Waals surface area contributed by atoms with Gasteiger partial charge in [-0.05, 0) is 17.5 Å². The van der Waals surface area contributed by atoms with Gasteiger partial charge in [-0.25, -0.2) is 8.78 Å². The van der Waals surface area contributed by atoms with Crippen molar-refractivity contribution in [1.82, 2.24) is 4.98 Å². The number of pyridine rings is 1. The van der Waals surface area contributed by atoms with Crippen LogP contribution in [0.5, 0.6) is 0 Å². The quantitative estimate of drug-likeness (QED) is 0.519. The Kier molecular flexibility index (Phi) is 3.39. The number of rotatable bonds is 2. The van der Waals surface area contributed by atoms with Gasteiger partial charge >= 0.3 is 0 Å². The van der Waals surface area contributed by atoms with Crippen molar-refractivity contribution < 1.29 is 13.6 Å². The second-order valence-electron chi connectivity index (χ2n) is 4.48. The molecule has 0 unspecified atom stereocenters. The topological polar surface area (TPSA) is 30.0 Å². The van der Waals surface area contributed by atoms with E-state index in [1.807, 2.05) is 0 Å². The Morgan fingerprint density at radius 2 is 1.76 bits per heavy atom. The van der Waals surface area contributed by atoms with Crippen LogP contribution in [0.3, 0.4) is 0 Å². The predicted octanol–water partition coefficient (Wildman–Crippen LogP) is 4.40. The number of halogens is 3. The smallest absolute Gasteiger partial charge is 0.198 e. The van der Waals surface area contributed by atoms with Crippen LogP contribution in [0.1, 0.15) is 15.9 Å². The molecular weight excluding hydrogens is 296 g/mol. The molecule has 1 heterocycles. The van der Waals surface area contributed by atoms with E-state index < -0.39 is 17.4 Å². The van der Waals surface area contributed by atoms with Crippen LogP contribution in [0.4, 0.5) is 8.78 Å². The summed E-state index contributed by atoms with van der Waals surface area (Å²) in [7, 11) is 0. The summed E-state index contributed by atoms with van der Waals surface area (Å²) in [5.74, 6) is -2.33. The van der Waals surface area contributed by atoms with Crippen LogP contribution in [0.2, 0.25) is 5.02 Å². The second-order valence-corrected chi connectivity index (χ2v) is 4.89. The zero-order valence-corrected chi connectivity index (χ0v) is 11.4. The lowest BCUT2D eigenvalue weighted by Gasteiger charge is -2.07. The van der Waals surface area contributed by atoms with Crippen molar-refractivity contribution in [3.8, 4) is 0 Å². The van der Waals surface area contributed by atoms with E-state index in [0.29, 0.717) is 5.39 Å². The number of hydrogen-bond donors (Lipinski definition) is 0. The molecule has 0 N–H and O–H groups in total. The maximum atomic E-state index is 13.9. The minimum atomic E-state index is -0.862. The van der Waals surface area contributed by atoms with Gasteiger partial charge in [0.25, 0.3) is 0 Å². The molecule has 3 aromatic rings. The van der Waals surface area contributed by atoms with E-state index in [1.54, 1.807) is 30.5 Å². The first-order chi connectivity index (χ1) is 10.1. The van der Waals surface area contributed by atoms with Crippen molar-refractivity contribution in [1.29, 1.82) is 0 Å². The van der Waals surface area contributed by atoms with Gasteiger partial charge < -0.3 is 0 Å². The number of carbonyl (C=O) groups is 1. The number of ketones is 1. The lowest BCUT2D eigenvalue weighted by molar-refractivity contribution is 0.103. The monoisotopic (exact) mass is 303 g/mol. The van der Waals surface area contributed by atoms with Crippen molar-refractivity contribution in [3.63, 3.8) is 0 Å². The van der Waals surface area contributed by atoms with Crippen molar-refractivity contribution >= 4 is 28.2 Å². The fourth-order valence-corrected chi connectivity index (χ4v) is 2.29. The van der Waals surface area contributed by atoms with E-state index >= 15 is 0 Å². The van der Waals surface area contributed by atoms with E-state index in [9.17, 15) is 13.6 Å². The van der Waals surface area contributed by atoms with Crippen LogP contribution in [-0.2, 0) is 0 Å². The fraction of sp³-hybridized carbons (Fsp3) is 0. The van der Waals surface area contributed by atoms with Gasteiger partial charge in [0.05, 0.1) is 10.6 Å². The van der Waals surface area contributed by atoms with Crippen LogP contribution >= 0.6 is 11.6 Å². The maximum Gasteiger partial charge on any atom is 0.198 e.